The van der Waals surface area contributed by atoms with Crippen molar-refractivity contribution in [2.75, 3.05) is 0 Å². The van der Waals surface area contributed by atoms with Crippen molar-refractivity contribution in [1.82, 2.24) is 0 Å². The minimum atomic E-state index is 0.489. The maximum Gasteiger partial charge on any atom is 0.00214 e. The molecule has 1 atom stereocenters. The molecule has 0 amide bonds. The van der Waals surface area contributed by atoms with Gasteiger partial charge in [-0.05, 0) is 22.8 Å². The van der Waals surface area contributed by atoms with Crippen LogP contribution in [0.5, 0.6) is 0 Å². The Kier molecular flexibility index (Phi) is 4.58. The highest BCUT2D eigenvalue weighted by Crippen LogP contribution is 2.30. The first-order valence-corrected chi connectivity index (χ1v) is 6.97. The molecule has 94 valence electrons. The van der Waals surface area contributed by atoms with Gasteiger partial charge in [0.25, 0.3) is 0 Å². The number of benzene rings is 2. The highest BCUT2D eigenvalue weighted by molar-refractivity contribution is 5.86. The molecule has 0 radical (unpaired) electrons. The standard InChI is InChI=1S/C18H22/c1-3-5-6-10-15(4-2)17-14-9-12-16-11-7-8-13-18(16)17/h4,7-9,11-15H,2-3,5-6,10H2,1H3. The van der Waals surface area contributed by atoms with E-state index in [-0.39, 0.29) is 0 Å². The monoisotopic (exact) mass is 238 g/mol. The van der Waals surface area contributed by atoms with E-state index in [1.165, 1.54) is 42.0 Å². The molecule has 0 heteroatoms. The van der Waals surface area contributed by atoms with E-state index in [0.717, 1.165) is 0 Å². The summed E-state index contributed by atoms with van der Waals surface area (Å²) in [6.45, 7) is 6.27. The molecule has 2 rings (SSSR count). The molecule has 18 heavy (non-hydrogen) atoms. The van der Waals surface area contributed by atoms with E-state index in [0.29, 0.717) is 5.92 Å². The lowest BCUT2D eigenvalue weighted by Gasteiger charge is -2.15. The van der Waals surface area contributed by atoms with Gasteiger partial charge in [-0.1, -0.05) is 74.7 Å². The Balaban J connectivity index is 2.30. The topological polar surface area (TPSA) is 0 Å². The molecule has 0 aliphatic rings. The largest absolute Gasteiger partial charge is 0.102 e. The first kappa shape index (κ1) is 12.9. The molecule has 0 aromatic heterocycles. The van der Waals surface area contributed by atoms with Gasteiger partial charge in [-0.3, -0.25) is 0 Å². The van der Waals surface area contributed by atoms with Gasteiger partial charge in [0.2, 0.25) is 0 Å². The molecule has 0 heterocycles. The van der Waals surface area contributed by atoms with Crippen molar-refractivity contribution in [1.29, 1.82) is 0 Å². The van der Waals surface area contributed by atoms with Crippen molar-refractivity contribution in [2.45, 2.75) is 38.5 Å². The smallest absolute Gasteiger partial charge is 0.00214 e. The normalized spacial score (nSPS) is 12.5. The fraction of sp³-hybridized carbons (Fsp3) is 0.333. The van der Waals surface area contributed by atoms with Gasteiger partial charge in [-0.15, -0.1) is 6.58 Å². The van der Waals surface area contributed by atoms with Crippen molar-refractivity contribution in [3.05, 3.63) is 60.7 Å². The number of unbranched alkanes of at least 4 members (excludes halogenated alkanes) is 2. The molecular weight excluding hydrogens is 216 g/mol. The summed E-state index contributed by atoms with van der Waals surface area (Å²) in [5.74, 6) is 0.489. The lowest BCUT2D eigenvalue weighted by atomic mass is 9.89. The van der Waals surface area contributed by atoms with Crippen LogP contribution in [-0.4, -0.2) is 0 Å². The van der Waals surface area contributed by atoms with Gasteiger partial charge in [0.05, 0.1) is 0 Å². The lowest BCUT2D eigenvalue weighted by molar-refractivity contribution is 0.631. The summed E-state index contributed by atoms with van der Waals surface area (Å²) in [6, 6.07) is 15.2. The van der Waals surface area contributed by atoms with Crippen LogP contribution in [0.2, 0.25) is 0 Å². The van der Waals surface area contributed by atoms with Crippen LogP contribution in [0.25, 0.3) is 10.8 Å². The van der Waals surface area contributed by atoms with Crippen LogP contribution >= 0.6 is 0 Å². The summed E-state index contributed by atoms with van der Waals surface area (Å²) in [7, 11) is 0. The summed E-state index contributed by atoms with van der Waals surface area (Å²) in [4.78, 5) is 0. The zero-order valence-electron chi connectivity index (χ0n) is 11.2. The molecule has 2 aromatic rings. The van der Waals surface area contributed by atoms with Gasteiger partial charge in [-0.25, -0.2) is 0 Å². The Morgan fingerprint density at radius 2 is 1.83 bits per heavy atom. The molecule has 0 spiro atoms. The summed E-state index contributed by atoms with van der Waals surface area (Å²) in [6.07, 6.45) is 7.20. The minimum absolute atomic E-state index is 0.489. The second-order valence-corrected chi connectivity index (χ2v) is 4.91. The third-order valence-electron chi connectivity index (χ3n) is 3.63. The highest BCUT2D eigenvalue weighted by Gasteiger charge is 2.10. The minimum Gasteiger partial charge on any atom is -0.102 e. The van der Waals surface area contributed by atoms with Crippen molar-refractivity contribution in [2.24, 2.45) is 0 Å². The average Bonchev–Trinajstić information content (AvgIpc) is 2.43. The molecule has 0 nitrogen and oxygen atoms in total. The Labute approximate surface area is 110 Å². The zero-order valence-corrected chi connectivity index (χ0v) is 11.2. The maximum absolute atomic E-state index is 4.02. The number of rotatable bonds is 6. The van der Waals surface area contributed by atoms with Crippen LogP contribution in [-0.2, 0) is 0 Å². The van der Waals surface area contributed by atoms with Crippen LogP contribution in [0.1, 0.15) is 44.1 Å². The number of hydrogen-bond donors (Lipinski definition) is 0. The van der Waals surface area contributed by atoms with Crippen LogP contribution in [0.4, 0.5) is 0 Å². The van der Waals surface area contributed by atoms with Crippen molar-refractivity contribution >= 4 is 10.8 Å². The molecular formula is C18H22. The number of fused-ring (bicyclic) bond motifs is 1. The fourth-order valence-electron chi connectivity index (χ4n) is 2.59. The van der Waals surface area contributed by atoms with Crippen molar-refractivity contribution < 1.29 is 0 Å². The Morgan fingerprint density at radius 3 is 2.61 bits per heavy atom. The Morgan fingerprint density at radius 1 is 1.06 bits per heavy atom. The lowest BCUT2D eigenvalue weighted by Crippen LogP contribution is -1.96. The molecule has 0 N–H and O–H groups in total. The summed E-state index contributed by atoms with van der Waals surface area (Å²) >= 11 is 0. The predicted octanol–water partition coefficient (Wildman–Crippen LogP) is 5.69. The van der Waals surface area contributed by atoms with Gasteiger partial charge in [-0.2, -0.15) is 0 Å². The van der Waals surface area contributed by atoms with Crippen LogP contribution < -0.4 is 0 Å². The average molecular weight is 238 g/mol. The molecule has 2 aromatic carbocycles. The predicted molar refractivity (Wildman–Crippen MR) is 81.0 cm³/mol. The van der Waals surface area contributed by atoms with Crippen molar-refractivity contribution in [3.63, 3.8) is 0 Å². The van der Waals surface area contributed by atoms with Crippen LogP contribution in [0, 0.1) is 0 Å². The van der Waals surface area contributed by atoms with Gasteiger partial charge >= 0.3 is 0 Å². The van der Waals surface area contributed by atoms with Gasteiger partial charge in [0.15, 0.2) is 0 Å². The SMILES string of the molecule is C=CC(CCCCC)c1cccc2ccccc12. The third kappa shape index (κ3) is 2.81. The second-order valence-electron chi connectivity index (χ2n) is 4.91. The third-order valence-corrected chi connectivity index (χ3v) is 3.63. The van der Waals surface area contributed by atoms with E-state index < -0.39 is 0 Å². The van der Waals surface area contributed by atoms with Gasteiger partial charge in [0, 0.05) is 5.92 Å². The summed E-state index contributed by atoms with van der Waals surface area (Å²) in [5.41, 5.74) is 1.43. The van der Waals surface area contributed by atoms with E-state index in [2.05, 4.69) is 62.0 Å². The van der Waals surface area contributed by atoms with E-state index >= 15 is 0 Å². The van der Waals surface area contributed by atoms with E-state index in [1.54, 1.807) is 0 Å². The van der Waals surface area contributed by atoms with Gasteiger partial charge < -0.3 is 0 Å². The number of hydrogen-bond acceptors (Lipinski definition) is 0. The van der Waals surface area contributed by atoms with Crippen molar-refractivity contribution in [3.8, 4) is 0 Å². The van der Waals surface area contributed by atoms with Crippen LogP contribution in [0.3, 0.4) is 0 Å². The number of allylic oxidation sites excluding steroid dienone is 1. The van der Waals surface area contributed by atoms with E-state index in [4.69, 9.17) is 0 Å². The second kappa shape index (κ2) is 6.39. The molecule has 1 unspecified atom stereocenters. The summed E-state index contributed by atoms with van der Waals surface area (Å²) in [5, 5.41) is 2.71. The first-order valence-electron chi connectivity index (χ1n) is 6.97. The fourth-order valence-corrected chi connectivity index (χ4v) is 2.59. The van der Waals surface area contributed by atoms with E-state index in [1.807, 2.05) is 0 Å². The van der Waals surface area contributed by atoms with Gasteiger partial charge in [0.1, 0.15) is 0 Å². The molecule has 0 saturated carbocycles. The van der Waals surface area contributed by atoms with E-state index in [9.17, 15) is 0 Å². The molecule has 0 fully saturated rings. The highest BCUT2D eigenvalue weighted by atomic mass is 14.1. The Bertz CT molecular complexity index is 505. The molecule has 0 aliphatic carbocycles. The zero-order chi connectivity index (χ0) is 12.8. The molecule has 0 aliphatic heterocycles. The first-order chi connectivity index (χ1) is 8.86. The Hall–Kier alpha value is -1.56. The maximum atomic E-state index is 4.02. The summed E-state index contributed by atoms with van der Waals surface area (Å²) < 4.78 is 0. The molecule has 0 bridgehead atoms. The molecule has 0 saturated heterocycles. The quantitative estimate of drug-likeness (QED) is 0.448. The van der Waals surface area contributed by atoms with Crippen LogP contribution in [0.15, 0.2) is 55.1 Å².